The van der Waals surface area contributed by atoms with E-state index in [1.54, 1.807) is 24.3 Å². The van der Waals surface area contributed by atoms with Crippen molar-refractivity contribution < 1.29 is 19.1 Å². The molecule has 2 aliphatic heterocycles. The maximum absolute atomic E-state index is 14.1. The van der Waals surface area contributed by atoms with Gasteiger partial charge in [-0.1, -0.05) is 48.5 Å². The fraction of sp³-hybridized carbons (Fsp3) is 0.125. The molecule has 2 aromatic carbocycles. The highest BCUT2D eigenvalue weighted by atomic mass is 16.5. The molecular weight excluding hydrogens is 410 g/mol. The lowest BCUT2D eigenvalue weighted by Crippen LogP contribution is -2.46. The van der Waals surface area contributed by atoms with Crippen molar-refractivity contribution in [3.8, 4) is 11.8 Å². The van der Waals surface area contributed by atoms with Gasteiger partial charge in [0.1, 0.15) is 24.0 Å². The lowest BCUT2D eigenvalue weighted by Gasteiger charge is -2.32. The molecule has 1 atom stereocenters. The first kappa shape index (κ1) is 19.6. The fourth-order valence-corrected chi connectivity index (χ4v) is 4.39. The molecule has 1 amide bonds. The van der Waals surface area contributed by atoms with Crippen LogP contribution in [-0.4, -0.2) is 11.0 Å². The topological polar surface area (TPSA) is 130 Å². The zero-order valence-electron chi connectivity index (χ0n) is 16.7. The number of aliphatic hydroxyl groups is 1. The zero-order chi connectivity index (χ0) is 22.5. The van der Waals surface area contributed by atoms with Crippen LogP contribution in [0.3, 0.4) is 0 Å². The van der Waals surface area contributed by atoms with Gasteiger partial charge in [-0.15, -0.1) is 0 Å². The standard InChI is InChI=1S/C24H17N3O5/c25-11-17-22(26)32-20-19(29)10-15(13-28)31-21(20)24(17)16-8-4-5-9-18(16)27(23(24)30)12-14-6-2-1-3-7-14/h1-10,28H,12-13,26H2/t24-/m0/s1. The van der Waals surface area contributed by atoms with Gasteiger partial charge in [0.2, 0.25) is 17.1 Å². The van der Waals surface area contributed by atoms with Crippen molar-refractivity contribution in [3.63, 3.8) is 0 Å². The molecule has 1 aromatic heterocycles. The Bertz CT molecular complexity index is 1390. The van der Waals surface area contributed by atoms with Gasteiger partial charge in [0, 0.05) is 17.3 Å². The second kappa shape index (κ2) is 7.11. The van der Waals surface area contributed by atoms with E-state index in [1.807, 2.05) is 36.4 Å². The minimum atomic E-state index is -1.80. The number of nitrogens with two attached hydrogens (primary N) is 1. The number of amides is 1. The molecule has 158 valence electrons. The highest BCUT2D eigenvalue weighted by molar-refractivity contribution is 6.13. The molecular formula is C24H17N3O5. The SMILES string of the molecule is N#CC1=C(N)Oc2c(oc(CO)cc2=O)[C@@]12C(=O)N(Cc1ccccc1)c1ccccc12. The van der Waals surface area contributed by atoms with Crippen molar-refractivity contribution in [2.24, 2.45) is 5.73 Å². The van der Waals surface area contributed by atoms with E-state index in [0.29, 0.717) is 11.3 Å². The highest BCUT2D eigenvalue weighted by Crippen LogP contribution is 2.54. The van der Waals surface area contributed by atoms with Crippen LogP contribution in [0.4, 0.5) is 5.69 Å². The lowest BCUT2D eigenvalue weighted by molar-refractivity contribution is -0.121. The van der Waals surface area contributed by atoms with Gasteiger partial charge in [0.15, 0.2) is 11.2 Å². The van der Waals surface area contributed by atoms with Crippen LogP contribution < -0.4 is 20.8 Å². The second-order valence-corrected chi connectivity index (χ2v) is 7.49. The maximum atomic E-state index is 14.1. The molecule has 0 saturated heterocycles. The van der Waals surface area contributed by atoms with Gasteiger partial charge in [0.25, 0.3) is 5.91 Å². The molecule has 8 heteroatoms. The van der Waals surface area contributed by atoms with E-state index in [-0.39, 0.29) is 35.3 Å². The van der Waals surface area contributed by atoms with Crippen LogP contribution in [0.1, 0.15) is 22.6 Å². The number of hydrogen-bond acceptors (Lipinski definition) is 7. The molecule has 3 N–H and O–H groups in total. The van der Waals surface area contributed by atoms with E-state index < -0.39 is 23.4 Å². The van der Waals surface area contributed by atoms with E-state index in [4.69, 9.17) is 14.9 Å². The first-order chi connectivity index (χ1) is 15.5. The van der Waals surface area contributed by atoms with E-state index in [0.717, 1.165) is 11.6 Å². The van der Waals surface area contributed by atoms with E-state index in [1.165, 1.54) is 4.90 Å². The van der Waals surface area contributed by atoms with Crippen molar-refractivity contribution in [3.05, 3.63) is 105 Å². The Morgan fingerprint density at radius 2 is 1.81 bits per heavy atom. The third-order valence-electron chi connectivity index (χ3n) is 5.75. The summed E-state index contributed by atoms with van der Waals surface area (Å²) in [4.78, 5) is 28.4. The fourth-order valence-electron chi connectivity index (χ4n) is 4.39. The first-order valence-corrected chi connectivity index (χ1v) is 9.84. The number of ether oxygens (including phenoxy) is 1. The van der Waals surface area contributed by atoms with E-state index in [9.17, 15) is 20.0 Å². The highest BCUT2D eigenvalue weighted by Gasteiger charge is 2.61. The van der Waals surface area contributed by atoms with Crippen molar-refractivity contribution in [2.45, 2.75) is 18.6 Å². The molecule has 1 spiro atoms. The number of anilines is 1. The number of hydrogen-bond donors (Lipinski definition) is 2. The van der Waals surface area contributed by atoms with Crippen molar-refractivity contribution >= 4 is 11.6 Å². The summed E-state index contributed by atoms with van der Waals surface area (Å²) in [5, 5.41) is 19.6. The van der Waals surface area contributed by atoms with Crippen LogP contribution in [-0.2, 0) is 23.4 Å². The van der Waals surface area contributed by atoms with Crippen LogP contribution in [0.15, 0.2) is 81.3 Å². The summed E-state index contributed by atoms with van der Waals surface area (Å²) in [5.41, 5.74) is 5.35. The summed E-state index contributed by atoms with van der Waals surface area (Å²) in [6.45, 7) is -0.333. The van der Waals surface area contributed by atoms with Gasteiger partial charge in [-0.3, -0.25) is 9.59 Å². The summed E-state index contributed by atoms with van der Waals surface area (Å²) in [6, 6.07) is 19.4. The Balaban J connectivity index is 1.84. The number of fused-ring (bicyclic) bond motifs is 4. The number of nitriles is 1. The maximum Gasteiger partial charge on any atom is 0.251 e. The number of carbonyl (C=O) groups excluding carboxylic acids is 1. The molecule has 3 heterocycles. The largest absolute Gasteiger partial charge is 0.457 e. The first-order valence-electron chi connectivity index (χ1n) is 9.84. The summed E-state index contributed by atoms with van der Waals surface area (Å²) in [7, 11) is 0. The number of benzene rings is 2. The minimum Gasteiger partial charge on any atom is -0.457 e. The number of para-hydroxylation sites is 1. The van der Waals surface area contributed by atoms with Gasteiger partial charge < -0.3 is 24.9 Å². The van der Waals surface area contributed by atoms with Crippen molar-refractivity contribution in [2.75, 3.05) is 4.90 Å². The van der Waals surface area contributed by atoms with Crippen LogP contribution in [0.5, 0.6) is 5.75 Å². The van der Waals surface area contributed by atoms with Crippen LogP contribution in [0.25, 0.3) is 0 Å². The van der Waals surface area contributed by atoms with E-state index in [2.05, 4.69) is 0 Å². The quantitative estimate of drug-likeness (QED) is 0.654. The molecule has 0 aliphatic carbocycles. The van der Waals surface area contributed by atoms with Crippen LogP contribution in [0.2, 0.25) is 0 Å². The molecule has 8 nitrogen and oxygen atoms in total. The molecule has 0 saturated carbocycles. The Morgan fingerprint density at radius 1 is 1.09 bits per heavy atom. The Hall–Kier alpha value is -4.35. The third-order valence-corrected chi connectivity index (χ3v) is 5.75. The van der Waals surface area contributed by atoms with Gasteiger partial charge in [-0.05, 0) is 11.6 Å². The summed E-state index contributed by atoms with van der Waals surface area (Å²) in [6.07, 6.45) is 0. The zero-order valence-corrected chi connectivity index (χ0v) is 16.7. The summed E-state index contributed by atoms with van der Waals surface area (Å²) < 4.78 is 11.3. The summed E-state index contributed by atoms with van der Waals surface area (Å²) >= 11 is 0. The average molecular weight is 427 g/mol. The number of rotatable bonds is 3. The number of carbonyl (C=O) groups is 1. The van der Waals surface area contributed by atoms with Gasteiger partial charge >= 0.3 is 0 Å². The number of nitrogens with zero attached hydrogens (tertiary/aromatic N) is 2. The lowest BCUT2D eigenvalue weighted by atomic mass is 9.72. The smallest absolute Gasteiger partial charge is 0.251 e. The number of aliphatic hydroxyl groups excluding tert-OH is 1. The predicted octanol–water partition coefficient (Wildman–Crippen LogP) is 2.05. The molecule has 0 unspecified atom stereocenters. The van der Waals surface area contributed by atoms with E-state index >= 15 is 0 Å². The average Bonchev–Trinajstić information content (AvgIpc) is 3.04. The van der Waals surface area contributed by atoms with Crippen molar-refractivity contribution in [1.82, 2.24) is 0 Å². The van der Waals surface area contributed by atoms with Crippen LogP contribution >= 0.6 is 0 Å². The van der Waals surface area contributed by atoms with Gasteiger partial charge in [0.05, 0.1) is 6.54 Å². The molecule has 0 bridgehead atoms. The Labute approximate surface area is 182 Å². The predicted molar refractivity (Wildman–Crippen MR) is 113 cm³/mol. The monoisotopic (exact) mass is 427 g/mol. The van der Waals surface area contributed by atoms with Gasteiger partial charge in [-0.2, -0.15) is 5.26 Å². The molecule has 3 aromatic rings. The summed E-state index contributed by atoms with van der Waals surface area (Å²) in [5.74, 6) is -1.32. The molecule has 0 fully saturated rings. The Kier molecular flexibility index (Phi) is 4.36. The molecule has 5 rings (SSSR count). The third kappa shape index (κ3) is 2.52. The second-order valence-electron chi connectivity index (χ2n) is 7.49. The Morgan fingerprint density at radius 3 is 2.53 bits per heavy atom. The normalized spacial score (nSPS) is 18.9. The molecule has 32 heavy (non-hydrogen) atoms. The van der Waals surface area contributed by atoms with Crippen molar-refractivity contribution in [1.29, 1.82) is 5.26 Å². The van der Waals surface area contributed by atoms with Crippen LogP contribution in [0, 0.1) is 11.3 Å². The minimum absolute atomic E-state index is 0.0544. The van der Waals surface area contributed by atoms with Gasteiger partial charge in [-0.25, -0.2) is 0 Å². The molecule has 0 radical (unpaired) electrons. The molecule has 2 aliphatic rings.